The smallest absolute Gasteiger partial charge is 0.269 e. The number of hydrogen-bond acceptors (Lipinski definition) is 4. The van der Waals surface area contributed by atoms with Crippen molar-refractivity contribution in [1.82, 2.24) is 4.98 Å². The Kier molecular flexibility index (Phi) is 3.88. The van der Waals surface area contributed by atoms with Gasteiger partial charge in [0.2, 0.25) is 0 Å². The summed E-state index contributed by atoms with van der Waals surface area (Å²) in [4.78, 5) is 24.8. The minimum atomic E-state index is -0.579. The number of nitrogens with zero attached hydrogens (tertiary/aromatic N) is 2. The lowest BCUT2D eigenvalue weighted by Gasteiger charge is -2.04. The third-order valence-corrected chi connectivity index (χ3v) is 3.15. The summed E-state index contributed by atoms with van der Waals surface area (Å²) < 4.78 is 0. The van der Waals surface area contributed by atoms with Crippen molar-refractivity contribution in [3.63, 3.8) is 0 Å². The van der Waals surface area contributed by atoms with Crippen LogP contribution >= 0.6 is 11.3 Å². The summed E-state index contributed by atoms with van der Waals surface area (Å²) in [7, 11) is 0. The number of rotatable bonds is 4. The van der Waals surface area contributed by atoms with Crippen LogP contribution in [-0.4, -0.2) is 10.9 Å². The van der Waals surface area contributed by atoms with Crippen LogP contribution in [-0.2, 0) is 4.79 Å². The molecule has 1 aromatic rings. The van der Waals surface area contributed by atoms with Crippen molar-refractivity contribution >= 4 is 17.2 Å². The van der Waals surface area contributed by atoms with Crippen molar-refractivity contribution < 1.29 is 4.79 Å². The predicted molar refractivity (Wildman–Crippen MR) is 55.3 cm³/mol. The van der Waals surface area contributed by atoms with Gasteiger partial charge in [-0.1, -0.05) is 6.92 Å². The second-order valence-electron chi connectivity index (χ2n) is 3.25. The molecule has 0 spiro atoms. The number of aromatic nitrogens is 1. The molecule has 0 aliphatic carbocycles. The van der Waals surface area contributed by atoms with Gasteiger partial charge in [0.1, 0.15) is 0 Å². The highest BCUT2D eigenvalue weighted by Crippen LogP contribution is 2.23. The van der Waals surface area contributed by atoms with E-state index in [9.17, 15) is 9.70 Å². The first-order valence-corrected chi connectivity index (χ1v) is 5.29. The highest BCUT2D eigenvalue weighted by Gasteiger charge is 2.11. The summed E-state index contributed by atoms with van der Waals surface area (Å²) in [6, 6.07) is 0. The van der Waals surface area contributed by atoms with Crippen molar-refractivity contribution in [3.8, 4) is 0 Å². The average molecular weight is 212 g/mol. The van der Waals surface area contributed by atoms with Gasteiger partial charge >= 0.3 is 0 Å². The predicted octanol–water partition coefficient (Wildman–Crippen LogP) is 2.63. The molecule has 76 valence electrons. The Morgan fingerprint density at radius 1 is 1.71 bits per heavy atom. The zero-order chi connectivity index (χ0) is 10.6. The molecule has 0 aliphatic rings. The van der Waals surface area contributed by atoms with Gasteiger partial charge in [-0.3, -0.25) is 4.79 Å². The molecule has 0 saturated carbocycles. The van der Waals surface area contributed by atoms with Crippen LogP contribution in [0.4, 0.5) is 0 Å². The summed E-state index contributed by atoms with van der Waals surface area (Å²) in [5.74, 6) is -0.357. The van der Waals surface area contributed by atoms with Crippen LogP contribution in [0.1, 0.15) is 36.4 Å². The van der Waals surface area contributed by atoms with E-state index >= 15 is 0 Å². The molecule has 0 radical (unpaired) electrons. The van der Waals surface area contributed by atoms with Crippen molar-refractivity contribution in [3.05, 3.63) is 21.0 Å². The molecule has 4 nitrogen and oxygen atoms in total. The molecule has 0 N–H and O–H groups in total. The number of carbonyl (C=O) groups excluding carboxylic acids is 1. The fourth-order valence-corrected chi connectivity index (χ4v) is 2.00. The maximum atomic E-state index is 10.7. The minimum absolute atomic E-state index is 0.212. The van der Waals surface area contributed by atoms with Gasteiger partial charge in [-0.25, -0.2) is 4.98 Å². The van der Waals surface area contributed by atoms with E-state index in [1.54, 1.807) is 11.3 Å². The van der Waals surface area contributed by atoms with Crippen LogP contribution in [0.25, 0.3) is 0 Å². The van der Waals surface area contributed by atoms with E-state index in [0.29, 0.717) is 6.42 Å². The third-order valence-electron chi connectivity index (χ3n) is 1.95. The van der Waals surface area contributed by atoms with Crippen LogP contribution in [0.5, 0.6) is 0 Å². The second-order valence-corrected chi connectivity index (χ2v) is 4.14. The largest absolute Gasteiger partial charge is 0.286 e. The lowest BCUT2D eigenvalue weighted by molar-refractivity contribution is -0.118. The fourth-order valence-electron chi connectivity index (χ4n) is 1.11. The number of hydrogen-bond donors (Lipinski definition) is 0. The first kappa shape index (κ1) is 11.0. The normalized spacial score (nSPS) is 12.4. The summed E-state index contributed by atoms with van der Waals surface area (Å²) in [5, 5.41) is 5.35. The molecule has 1 unspecified atom stereocenters. The molecule has 1 rings (SSSR count). The SMILES string of the molecule is Cc1csc(C(C)CCC(=O)N=O)n1. The average Bonchev–Trinajstić information content (AvgIpc) is 2.60. The van der Waals surface area contributed by atoms with Crippen LogP contribution < -0.4 is 0 Å². The van der Waals surface area contributed by atoms with E-state index < -0.39 is 5.91 Å². The van der Waals surface area contributed by atoms with Crippen molar-refractivity contribution in [2.75, 3.05) is 0 Å². The van der Waals surface area contributed by atoms with E-state index in [0.717, 1.165) is 10.7 Å². The molecular weight excluding hydrogens is 200 g/mol. The zero-order valence-electron chi connectivity index (χ0n) is 8.19. The van der Waals surface area contributed by atoms with Crippen LogP contribution in [0.2, 0.25) is 0 Å². The molecule has 1 atom stereocenters. The fraction of sp³-hybridized carbons (Fsp3) is 0.556. The van der Waals surface area contributed by atoms with Crippen molar-refractivity contribution in [1.29, 1.82) is 0 Å². The first-order valence-electron chi connectivity index (χ1n) is 4.41. The maximum absolute atomic E-state index is 10.7. The molecule has 0 aliphatic heterocycles. The van der Waals surface area contributed by atoms with Gasteiger partial charge in [0.15, 0.2) is 0 Å². The molecule has 1 aromatic heterocycles. The van der Waals surface area contributed by atoms with E-state index in [1.807, 2.05) is 19.2 Å². The topological polar surface area (TPSA) is 59.4 Å². The van der Waals surface area contributed by atoms with Gasteiger partial charge < -0.3 is 0 Å². The van der Waals surface area contributed by atoms with E-state index in [4.69, 9.17) is 0 Å². The number of nitroso groups, excluding NO2 is 1. The molecule has 1 heterocycles. The Labute approximate surface area is 86.3 Å². The standard InChI is InChI=1S/C9H12N2O2S/c1-6(3-4-8(12)11-13)9-10-7(2)5-14-9/h5-6H,3-4H2,1-2H3. The van der Waals surface area contributed by atoms with Crippen LogP contribution in [0.3, 0.4) is 0 Å². The zero-order valence-corrected chi connectivity index (χ0v) is 9.00. The molecule has 5 heteroatoms. The number of thiazole rings is 1. The van der Waals surface area contributed by atoms with E-state index in [2.05, 4.69) is 10.2 Å². The quantitative estimate of drug-likeness (QED) is 0.721. The maximum Gasteiger partial charge on any atom is 0.286 e. The summed E-state index contributed by atoms with van der Waals surface area (Å²) >= 11 is 1.59. The Bertz CT molecular complexity index is 335. The summed E-state index contributed by atoms with van der Waals surface area (Å²) in [6.45, 7) is 3.93. The van der Waals surface area contributed by atoms with E-state index in [1.165, 1.54) is 0 Å². The van der Waals surface area contributed by atoms with Crippen molar-refractivity contribution in [2.45, 2.75) is 32.6 Å². The highest BCUT2D eigenvalue weighted by molar-refractivity contribution is 7.09. The second kappa shape index (κ2) is 4.95. The molecule has 0 aromatic carbocycles. The van der Waals surface area contributed by atoms with Crippen molar-refractivity contribution in [2.24, 2.45) is 5.18 Å². The Morgan fingerprint density at radius 2 is 2.43 bits per heavy atom. The minimum Gasteiger partial charge on any atom is -0.269 e. The number of carbonyl (C=O) groups is 1. The van der Waals surface area contributed by atoms with Gasteiger partial charge in [-0.2, -0.15) is 0 Å². The van der Waals surface area contributed by atoms with Gasteiger partial charge in [-0.15, -0.1) is 16.2 Å². The molecule has 1 amide bonds. The van der Waals surface area contributed by atoms with Crippen LogP contribution in [0, 0.1) is 11.8 Å². The molecule has 14 heavy (non-hydrogen) atoms. The van der Waals surface area contributed by atoms with E-state index in [-0.39, 0.29) is 12.3 Å². The summed E-state index contributed by atoms with van der Waals surface area (Å²) in [5.41, 5.74) is 0.997. The monoisotopic (exact) mass is 212 g/mol. The lowest BCUT2D eigenvalue weighted by atomic mass is 10.1. The van der Waals surface area contributed by atoms with Gasteiger partial charge in [0.05, 0.1) is 5.01 Å². The van der Waals surface area contributed by atoms with Crippen LogP contribution in [0.15, 0.2) is 10.6 Å². The number of amides is 1. The number of aryl methyl sites for hydroxylation is 1. The first-order chi connectivity index (χ1) is 6.63. The third kappa shape index (κ3) is 2.99. The van der Waals surface area contributed by atoms with Gasteiger partial charge in [-0.05, 0) is 13.3 Å². The molecule has 0 fully saturated rings. The van der Waals surface area contributed by atoms with Gasteiger partial charge in [0, 0.05) is 28.6 Å². The molecule has 0 saturated heterocycles. The lowest BCUT2D eigenvalue weighted by Crippen LogP contribution is -1.98. The highest BCUT2D eigenvalue weighted by atomic mass is 32.1. The Morgan fingerprint density at radius 3 is 2.93 bits per heavy atom. The molecular formula is C9H12N2O2S. The van der Waals surface area contributed by atoms with Gasteiger partial charge in [0.25, 0.3) is 5.91 Å². The molecule has 0 bridgehead atoms. The summed E-state index contributed by atoms with van der Waals surface area (Å²) in [6.07, 6.45) is 0.848. The Hall–Kier alpha value is -1.10. The Balaban J connectivity index is 2.46.